The van der Waals surface area contributed by atoms with Crippen molar-refractivity contribution >= 4 is 50.6 Å². The fourth-order valence-electron chi connectivity index (χ4n) is 2.52. The van der Waals surface area contributed by atoms with E-state index in [0.717, 1.165) is 0 Å². The second-order valence-corrected chi connectivity index (χ2v) is 7.78. The fourth-order valence-corrected chi connectivity index (χ4v) is 3.23. The van der Waals surface area contributed by atoms with Crippen LogP contribution in [-0.2, 0) is 17.6 Å². The predicted octanol–water partition coefficient (Wildman–Crippen LogP) is 4.89. The minimum absolute atomic E-state index is 0.114. The van der Waals surface area contributed by atoms with E-state index in [2.05, 4.69) is 31.4 Å². The van der Waals surface area contributed by atoms with Crippen molar-refractivity contribution in [3.8, 4) is 5.75 Å². The zero-order valence-corrected chi connectivity index (χ0v) is 18.2. The van der Waals surface area contributed by atoms with Gasteiger partial charge in [-0.25, -0.2) is 9.02 Å². The largest absolute Gasteiger partial charge is 0.486 e. The number of benzene rings is 2. The molecular formula is C19H13BrCl2FN3O4. The zero-order chi connectivity index (χ0) is 21.7. The smallest absolute Gasteiger partial charge is 0.176 e. The summed E-state index contributed by atoms with van der Waals surface area (Å²) in [5, 5.41) is 20.8. The third-order valence-electron chi connectivity index (χ3n) is 3.96. The second-order valence-electron chi connectivity index (χ2n) is 6.11. The van der Waals surface area contributed by atoms with Crippen molar-refractivity contribution in [3.63, 3.8) is 0 Å². The molecule has 7 nitrogen and oxygen atoms in total. The second kappa shape index (κ2) is 10.0. The number of aromatic nitrogens is 2. The quantitative estimate of drug-likeness (QED) is 0.260. The molecule has 0 spiro atoms. The molecule has 11 heteroatoms. The highest BCUT2D eigenvalue weighted by Gasteiger charge is 2.20. The number of rotatable bonds is 8. The number of hydrogen-bond acceptors (Lipinski definition) is 7. The van der Waals surface area contributed by atoms with Crippen LogP contribution in [0, 0.1) is 5.82 Å². The van der Waals surface area contributed by atoms with Crippen molar-refractivity contribution in [2.24, 2.45) is 5.16 Å². The number of carbonyl (C=O) groups excluding carboxylic acids is 1. The molecule has 0 unspecified atom stereocenters. The summed E-state index contributed by atoms with van der Waals surface area (Å²) >= 11 is 14.9. The highest BCUT2D eigenvalue weighted by Crippen LogP contribution is 2.26. The van der Waals surface area contributed by atoms with Gasteiger partial charge in [-0.15, -0.1) is 0 Å². The maximum atomic E-state index is 13.4. The van der Waals surface area contributed by atoms with Crippen LogP contribution >= 0.6 is 39.1 Å². The van der Waals surface area contributed by atoms with E-state index in [1.54, 1.807) is 18.2 Å². The Bertz CT molecular complexity index is 1110. The number of ketones is 1. The molecule has 2 aromatic carbocycles. The van der Waals surface area contributed by atoms with Gasteiger partial charge in [0.1, 0.15) is 29.6 Å². The van der Waals surface area contributed by atoms with Crippen LogP contribution < -0.4 is 4.74 Å². The molecule has 0 saturated carbocycles. The van der Waals surface area contributed by atoms with Crippen LogP contribution in [0.3, 0.4) is 0 Å². The van der Waals surface area contributed by atoms with E-state index in [1.165, 1.54) is 18.2 Å². The topological polar surface area (TPSA) is 97.8 Å². The van der Waals surface area contributed by atoms with Gasteiger partial charge in [-0.05, 0) is 50.9 Å². The first-order chi connectivity index (χ1) is 14.4. The van der Waals surface area contributed by atoms with Gasteiger partial charge in [0.15, 0.2) is 11.5 Å². The van der Waals surface area contributed by atoms with Gasteiger partial charge in [-0.3, -0.25) is 4.79 Å². The van der Waals surface area contributed by atoms with E-state index < -0.39 is 5.82 Å². The van der Waals surface area contributed by atoms with Gasteiger partial charge in [0, 0.05) is 12.5 Å². The summed E-state index contributed by atoms with van der Waals surface area (Å²) in [6.07, 6.45) is -0.0448. The number of carbonyl (C=O) groups is 1. The maximum Gasteiger partial charge on any atom is 0.176 e. The van der Waals surface area contributed by atoms with Crippen LogP contribution in [0.5, 0.6) is 5.75 Å². The Balaban J connectivity index is 1.66. The van der Waals surface area contributed by atoms with E-state index in [1.807, 2.05) is 0 Å². The zero-order valence-electron chi connectivity index (χ0n) is 15.1. The van der Waals surface area contributed by atoms with Crippen LogP contribution in [0.4, 0.5) is 4.39 Å². The molecule has 0 aliphatic carbocycles. The first kappa shape index (κ1) is 22.2. The van der Waals surface area contributed by atoms with E-state index in [4.69, 9.17) is 32.6 Å². The minimum Gasteiger partial charge on any atom is -0.486 e. The summed E-state index contributed by atoms with van der Waals surface area (Å²) in [7, 11) is 0. The standard InChI is InChI=1S/C19H13BrCl2FN3O4/c20-13-5-10(1-4-16(13)23)6-17(24-28)19-18(25-30-26-19)7-11(27)9-29-12-2-3-14(21)15(22)8-12/h1-5,8,28H,6-7,9H2. The number of halogens is 4. The Morgan fingerprint density at radius 2 is 1.97 bits per heavy atom. The van der Waals surface area contributed by atoms with Crippen molar-refractivity contribution in [1.82, 2.24) is 10.3 Å². The fraction of sp³-hybridized carbons (Fsp3) is 0.158. The molecule has 1 heterocycles. The van der Waals surface area contributed by atoms with Crippen LogP contribution in [0.2, 0.25) is 10.0 Å². The van der Waals surface area contributed by atoms with Crippen molar-refractivity contribution in [2.75, 3.05) is 6.61 Å². The Hall–Kier alpha value is -2.49. The summed E-state index contributed by atoms with van der Waals surface area (Å²) in [4.78, 5) is 12.3. The highest BCUT2D eigenvalue weighted by molar-refractivity contribution is 9.10. The van der Waals surface area contributed by atoms with Crippen LogP contribution in [0.15, 0.2) is 50.7 Å². The molecule has 0 aliphatic heterocycles. The predicted molar refractivity (Wildman–Crippen MR) is 111 cm³/mol. The molecule has 0 saturated heterocycles. The molecule has 0 radical (unpaired) electrons. The summed E-state index contributed by atoms with van der Waals surface area (Å²) in [6, 6.07) is 9.00. The van der Waals surface area contributed by atoms with Gasteiger partial charge < -0.3 is 9.94 Å². The van der Waals surface area contributed by atoms with Crippen LogP contribution in [0.1, 0.15) is 17.0 Å². The normalized spacial score (nSPS) is 11.5. The molecule has 0 aliphatic rings. The summed E-state index contributed by atoms with van der Waals surface area (Å²) in [5.41, 5.74) is 1.08. The molecule has 1 N–H and O–H groups in total. The Morgan fingerprint density at radius 1 is 1.17 bits per heavy atom. The highest BCUT2D eigenvalue weighted by atomic mass is 79.9. The third-order valence-corrected chi connectivity index (χ3v) is 5.31. The first-order valence-electron chi connectivity index (χ1n) is 8.43. The summed E-state index contributed by atoms with van der Waals surface area (Å²) < 4.78 is 23.8. The monoisotopic (exact) mass is 515 g/mol. The average molecular weight is 517 g/mol. The maximum absolute atomic E-state index is 13.4. The van der Waals surface area contributed by atoms with Gasteiger partial charge in [0.25, 0.3) is 0 Å². The van der Waals surface area contributed by atoms with E-state index in [0.29, 0.717) is 21.4 Å². The summed E-state index contributed by atoms with van der Waals surface area (Å²) in [5.74, 6) is -0.354. The molecular weight excluding hydrogens is 504 g/mol. The number of hydrogen-bond donors (Lipinski definition) is 1. The minimum atomic E-state index is -0.419. The Morgan fingerprint density at radius 3 is 2.67 bits per heavy atom. The SMILES string of the molecule is O=C(COc1ccc(Cl)c(Cl)c1)Cc1nonc1C(Cc1ccc(F)c(Br)c1)=NO. The van der Waals surface area contributed by atoms with Gasteiger partial charge in [-0.2, -0.15) is 0 Å². The Kier molecular flexibility index (Phi) is 7.41. The number of Topliss-reactive ketones (excluding diaryl/α,β-unsaturated/α-hetero) is 1. The molecule has 0 amide bonds. The van der Waals surface area contributed by atoms with E-state index >= 15 is 0 Å². The lowest BCUT2D eigenvalue weighted by molar-refractivity contribution is -0.120. The molecule has 0 fully saturated rings. The Labute approximate surface area is 188 Å². The first-order valence-corrected chi connectivity index (χ1v) is 9.98. The lowest BCUT2D eigenvalue weighted by Crippen LogP contribution is -2.17. The van der Waals surface area contributed by atoms with Crippen molar-refractivity contribution in [3.05, 3.63) is 73.7 Å². The lowest BCUT2D eigenvalue weighted by atomic mass is 10.0. The lowest BCUT2D eigenvalue weighted by Gasteiger charge is -2.07. The molecule has 1 aromatic heterocycles. The molecule has 30 heavy (non-hydrogen) atoms. The average Bonchev–Trinajstić information content (AvgIpc) is 3.17. The van der Waals surface area contributed by atoms with Crippen LogP contribution in [-0.4, -0.2) is 33.6 Å². The van der Waals surface area contributed by atoms with Crippen LogP contribution in [0.25, 0.3) is 0 Å². The van der Waals surface area contributed by atoms with Gasteiger partial charge >= 0.3 is 0 Å². The number of oxime groups is 1. The van der Waals surface area contributed by atoms with Crippen molar-refractivity contribution < 1.29 is 23.8 Å². The molecule has 156 valence electrons. The summed E-state index contributed by atoms with van der Waals surface area (Å²) in [6.45, 7) is -0.249. The van der Waals surface area contributed by atoms with E-state index in [-0.39, 0.29) is 46.8 Å². The van der Waals surface area contributed by atoms with Gasteiger partial charge in [-0.1, -0.05) is 39.6 Å². The van der Waals surface area contributed by atoms with Gasteiger partial charge in [0.2, 0.25) is 0 Å². The molecule has 3 aromatic rings. The van der Waals surface area contributed by atoms with Crippen molar-refractivity contribution in [2.45, 2.75) is 12.8 Å². The van der Waals surface area contributed by atoms with E-state index in [9.17, 15) is 14.4 Å². The number of nitrogens with zero attached hydrogens (tertiary/aromatic N) is 3. The van der Waals surface area contributed by atoms with Crippen molar-refractivity contribution in [1.29, 1.82) is 0 Å². The molecule has 3 rings (SSSR count). The molecule has 0 bridgehead atoms. The molecule has 0 atom stereocenters. The number of ether oxygens (including phenoxy) is 1. The van der Waals surface area contributed by atoms with Gasteiger partial charge in [0.05, 0.1) is 20.9 Å². The third kappa shape index (κ3) is 5.56.